The van der Waals surface area contributed by atoms with E-state index in [0.29, 0.717) is 12.2 Å². The lowest BCUT2D eigenvalue weighted by Gasteiger charge is -2.18. The molecule has 0 saturated heterocycles. The Morgan fingerprint density at radius 3 is 2.80 bits per heavy atom. The number of hydrogen-bond donors (Lipinski definition) is 0. The average molecular weight is 352 g/mol. The van der Waals surface area contributed by atoms with Crippen LogP contribution in [-0.2, 0) is 6.54 Å². The Morgan fingerprint density at radius 2 is 2.25 bits per heavy atom. The third-order valence-corrected chi connectivity index (χ3v) is 4.33. The Hall–Kier alpha value is -1.91. The normalized spacial score (nSPS) is 10.1. The maximum absolute atomic E-state index is 10.9. The van der Waals surface area contributed by atoms with Crippen molar-refractivity contribution >= 4 is 38.6 Å². The van der Waals surface area contributed by atoms with E-state index in [0.717, 1.165) is 9.35 Å². The highest BCUT2D eigenvalue weighted by molar-refractivity contribution is 9.11. The Bertz CT molecular complexity index is 693. The molecule has 1 aromatic heterocycles. The minimum Gasteiger partial charge on any atom is -0.370 e. The molecule has 0 aliphatic rings. The number of nitrogens with zero attached hydrogens (tertiary/aromatic N) is 3. The van der Waals surface area contributed by atoms with Gasteiger partial charge in [-0.15, -0.1) is 11.3 Å². The van der Waals surface area contributed by atoms with Crippen LogP contribution in [0.25, 0.3) is 0 Å². The summed E-state index contributed by atoms with van der Waals surface area (Å²) in [5.41, 5.74) is 1.74. The lowest BCUT2D eigenvalue weighted by atomic mass is 10.1. The van der Waals surface area contributed by atoms with Crippen molar-refractivity contribution in [2.75, 3.05) is 11.9 Å². The summed E-state index contributed by atoms with van der Waals surface area (Å²) in [5, 5.41) is 21.8. The Labute approximate surface area is 128 Å². The van der Waals surface area contributed by atoms with Crippen LogP contribution in [0, 0.1) is 21.4 Å². The highest BCUT2D eigenvalue weighted by Crippen LogP contribution is 2.27. The standard InChI is InChI=1S/C13H10BrN3O2S/c1-16(7-9-4-13(14)20-8-9)11-3-2-10(6-15)12(5-11)17(18)19/h2-5,8H,7H2,1H3. The molecule has 0 saturated carbocycles. The number of benzene rings is 1. The Morgan fingerprint density at radius 1 is 1.50 bits per heavy atom. The topological polar surface area (TPSA) is 70.2 Å². The van der Waals surface area contributed by atoms with Gasteiger partial charge in [-0.2, -0.15) is 5.26 Å². The molecule has 5 nitrogen and oxygen atoms in total. The minimum atomic E-state index is -0.531. The third kappa shape index (κ3) is 3.15. The fourth-order valence-corrected chi connectivity index (χ4v) is 3.00. The van der Waals surface area contributed by atoms with Gasteiger partial charge in [0.1, 0.15) is 11.6 Å². The van der Waals surface area contributed by atoms with Crippen molar-refractivity contribution < 1.29 is 4.92 Å². The zero-order valence-corrected chi connectivity index (χ0v) is 12.9. The van der Waals surface area contributed by atoms with Crippen molar-refractivity contribution in [2.24, 2.45) is 0 Å². The molecular weight excluding hydrogens is 342 g/mol. The molecule has 0 unspecified atom stereocenters. The molecule has 0 aliphatic carbocycles. The van der Waals surface area contributed by atoms with E-state index in [-0.39, 0.29) is 11.3 Å². The predicted octanol–water partition coefficient (Wildman–Crippen LogP) is 3.93. The summed E-state index contributed by atoms with van der Waals surface area (Å²) in [4.78, 5) is 12.3. The van der Waals surface area contributed by atoms with Gasteiger partial charge in [0.15, 0.2) is 0 Å². The average Bonchev–Trinajstić information content (AvgIpc) is 2.83. The maximum atomic E-state index is 10.9. The zero-order chi connectivity index (χ0) is 14.7. The lowest BCUT2D eigenvalue weighted by molar-refractivity contribution is -0.385. The summed E-state index contributed by atoms with van der Waals surface area (Å²) in [7, 11) is 1.86. The molecular formula is C13H10BrN3O2S. The molecule has 0 aliphatic heterocycles. The number of thiophene rings is 1. The largest absolute Gasteiger partial charge is 0.370 e. The number of halogens is 1. The van der Waals surface area contributed by atoms with Crippen molar-refractivity contribution in [1.29, 1.82) is 5.26 Å². The predicted molar refractivity (Wildman–Crippen MR) is 81.9 cm³/mol. The first-order valence-electron chi connectivity index (χ1n) is 5.64. The summed E-state index contributed by atoms with van der Waals surface area (Å²) in [6.07, 6.45) is 0. The van der Waals surface area contributed by atoms with E-state index in [4.69, 9.17) is 5.26 Å². The molecule has 0 N–H and O–H groups in total. The second-order valence-corrected chi connectivity index (χ2v) is 6.48. The van der Waals surface area contributed by atoms with Gasteiger partial charge in [0, 0.05) is 25.3 Å². The monoisotopic (exact) mass is 351 g/mol. The molecule has 0 bridgehead atoms. The van der Waals surface area contributed by atoms with Gasteiger partial charge in [0.2, 0.25) is 0 Å². The molecule has 0 spiro atoms. The Kier molecular flexibility index (Phi) is 4.37. The van der Waals surface area contributed by atoms with Crippen molar-refractivity contribution in [3.8, 4) is 6.07 Å². The van der Waals surface area contributed by atoms with Crippen LogP contribution >= 0.6 is 27.3 Å². The fourth-order valence-electron chi connectivity index (χ4n) is 1.80. The molecule has 0 amide bonds. The zero-order valence-electron chi connectivity index (χ0n) is 10.5. The molecule has 0 radical (unpaired) electrons. The smallest absolute Gasteiger partial charge is 0.289 e. The number of hydrogen-bond acceptors (Lipinski definition) is 5. The SMILES string of the molecule is CN(Cc1csc(Br)c1)c1ccc(C#N)c([N+](=O)[O-])c1. The van der Waals surface area contributed by atoms with Crippen LogP contribution in [0.2, 0.25) is 0 Å². The third-order valence-electron chi connectivity index (χ3n) is 2.78. The quantitative estimate of drug-likeness (QED) is 0.618. The minimum absolute atomic E-state index is 0.0745. The number of nitro groups is 1. The molecule has 102 valence electrons. The van der Waals surface area contributed by atoms with Gasteiger partial charge in [-0.05, 0) is 45.1 Å². The molecule has 1 aromatic carbocycles. The summed E-state index contributed by atoms with van der Waals surface area (Å²) >= 11 is 5.00. The Balaban J connectivity index is 2.26. The van der Waals surface area contributed by atoms with Gasteiger partial charge in [0.25, 0.3) is 5.69 Å². The number of anilines is 1. The van der Waals surface area contributed by atoms with E-state index in [1.165, 1.54) is 12.1 Å². The summed E-state index contributed by atoms with van der Waals surface area (Å²) in [6, 6.07) is 8.47. The van der Waals surface area contributed by atoms with Crippen LogP contribution in [0.1, 0.15) is 11.1 Å². The van der Waals surface area contributed by atoms with Crippen LogP contribution in [0.3, 0.4) is 0 Å². The van der Waals surface area contributed by atoms with Gasteiger partial charge < -0.3 is 4.90 Å². The number of nitro benzene ring substituents is 1. The fraction of sp³-hybridized carbons (Fsp3) is 0.154. The van der Waals surface area contributed by atoms with Crippen molar-refractivity contribution in [3.63, 3.8) is 0 Å². The molecule has 7 heteroatoms. The van der Waals surface area contributed by atoms with E-state index in [1.54, 1.807) is 17.4 Å². The van der Waals surface area contributed by atoms with Crippen LogP contribution in [-0.4, -0.2) is 12.0 Å². The first kappa shape index (κ1) is 14.5. The lowest BCUT2D eigenvalue weighted by Crippen LogP contribution is -2.16. The molecule has 20 heavy (non-hydrogen) atoms. The molecule has 2 rings (SSSR count). The first-order valence-corrected chi connectivity index (χ1v) is 7.31. The van der Waals surface area contributed by atoms with E-state index >= 15 is 0 Å². The van der Waals surface area contributed by atoms with Gasteiger partial charge >= 0.3 is 0 Å². The highest BCUT2D eigenvalue weighted by Gasteiger charge is 2.16. The second-order valence-electron chi connectivity index (χ2n) is 4.19. The molecule has 2 aromatic rings. The molecule has 0 atom stereocenters. The van der Waals surface area contributed by atoms with Gasteiger partial charge in [0.05, 0.1) is 8.71 Å². The van der Waals surface area contributed by atoms with E-state index < -0.39 is 4.92 Å². The first-order chi connectivity index (χ1) is 9.51. The van der Waals surface area contributed by atoms with Crippen molar-refractivity contribution in [2.45, 2.75) is 6.54 Å². The van der Waals surface area contributed by atoms with Crippen molar-refractivity contribution in [1.82, 2.24) is 0 Å². The summed E-state index contributed by atoms with van der Waals surface area (Å²) < 4.78 is 1.05. The van der Waals surface area contributed by atoms with E-state index in [1.807, 2.05) is 29.5 Å². The van der Waals surface area contributed by atoms with Crippen molar-refractivity contribution in [3.05, 3.63) is 54.7 Å². The number of rotatable bonds is 4. The molecule has 0 fully saturated rings. The summed E-state index contributed by atoms with van der Waals surface area (Å²) in [6.45, 7) is 0.644. The molecule has 1 heterocycles. The van der Waals surface area contributed by atoms with E-state index in [2.05, 4.69) is 15.9 Å². The van der Waals surface area contributed by atoms with E-state index in [9.17, 15) is 10.1 Å². The number of nitriles is 1. The van der Waals surface area contributed by atoms with Gasteiger partial charge in [-0.3, -0.25) is 10.1 Å². The highest BCUT2D eigenvalue weighted by atomic mass is 79.9. The summed E-state index contributed by atoms with van der Waals surface area (Å²) in [5.74, 6) is 0. The van der Waals surface area contributed by atoms with Crippen LogP contribution in [0.5, 0.6) is 0 Å². The van der Waals surface area contributed by atoms with Crippen LogP contribution < -0.4 is 4.90 Å². The van der Waals surface area contributed by atoms with Crippen LogP contribution in [0.4, 0.5) is 11.4 Å². The van der Waals surface area contributed by atoms with Gasteiger partial charge in [-0.25, -0.2) is 0 Å². The van der Waals surface area contributed by atoms with Crippen LogP contribution in [0.15, 0.2) is 33.4 Å². The maximum Gasteiger partial charge on any atom is 0.289 e. The second kappa shape index (κ2) is 6.03. The van der Waals surface area contributed by atoms with Gasteiger partial charge in [-0.1, -0.05) is 0 Å².